The van der Waals surface area contributed by atoms with Gasteiger partial charge in [-0.05, 0) is 93.5 Å². The molecular weight excluding hydrogens is 483 g/mol. The van der Waals surface area contributed by atoms with Crippen molar-refractivity contribution in [1.29, 1.82) is 0 Å². The third-order valence-electron chi connectivity index (χ3n) is 7.14. The normalized spacial score (nSPS) is 16.2. The van der Waals surface area contributed by atoms with Crippen LogP contribution < -0.4 is 14.2 Å². The van der Waals surface area contributed by atoms with E-state index < -0.39 is 5.82 Å². The number of hydrogen-bond donors (Lipinski definition) is 0. The Hall–Kier alpha value is -3.87. The highest BCUT2D eigenvalue weighted by Gasteiger charge is 2.32. The second kappa shape index (κ2) is 11.3. The van der Waals surface area contributed by atoms with Gasteiger partial charge in [-0.25, -0.2) is 4.39 Å². The third-order valence-corrected chi connectivity index (χ3v) is 7.14. The van der Waals surface area contributed by atoms with Gasteiger partial charge in [0.1, 0.15) is 17.2 Å². The summed E-state index contributed by atoms with van der Waals surface area (Å²) in [5.41, 5.74) is 4.47. The fraction of sp³-hybridized carbons (Fsp3) is 0.355. The first kappa shape index (κ1) is 25.8. The first-order chi connectivity index (χ1) is 18.4. The fourth-order valence-corrected chi connectivity index (χ4v) is 4.77. The maximum atomic E-state index is 14.5. The minimum absolute atomic E-state index is 0.0491. The lowest BCUT2D eigenvalue weighted by Crippen LogP contribution is -2.35. The number of hydrogen-bond acceptors (Lipinski definition) is 5. The lowest BCUT2D eigenvalue weighted by Gasteiger charge is -2.20. The predicted octanol–water partition coefficient (Wildman–Crippen LogP) is 7.10. The van der Waals surface area contributed by atoms with Gasteiger partial charge >= 0.3 is 0 Å². The lowest BCUT2D eigenvalue weighted by molar-refractivity contribution is 0.0774. The van der Waals surface area contributed by atoms with Gasteiger partial charge in [-0.2, -0.15) is 0 Å². The molecule has 3 aromatic carbocycles. The molecule has 198 valence electrons. The summed E-state index contributed by atoms with van der Waals surface area (Å²) in [6, 6.07) is 14.2. The van der Waals surface area contributed by atoms with Crippen LogP contribution in [-0.2, 0) is 0 Å². The maximum absolute atomic E-state index is 14.5. The van der Waals surface area contributed by atoms with Crippen molar-refractivity contribution in [2.24, 2.45) is 4.99 Å². The van der Waals surface area contributed by atoms with Gasteiger partial charge in [0.25, 0.3) is 5.91 Å². The van der Waals surface area contributed by atoms with E-state index in [0.717, 1.165) is 54.7 Å². The van der Waals surface area contributed by atoms with E-state index in [-0.39, 0.29) is 17.7 Å². The monoisotopic (exact) mass is 516 g/mol. The molecule has 38 heavy (non-hydrogen) atoms. The van der Waals surface area contributed by atoms with Gasteiger partial charge in [0, 0.05) is 24.9 Å². The molecule has 0 aliphatic carbocycles. The smallest absolute Gasteiger partial charge is 0.256 e. The van der Waals surface area contributed by atoms with Crippen LogP contribution in [0.1, 0.15) is 52.7 Å². The van der Waals surface area contributed by atoms with Crippen LogP contribution >= 0.6 is 0 Å². The summed E-state index contributed by atoms with van der Waals surface area (Å²) in [6.45, 7) is 7.70. The fourth-order valence-electron chi connectivity index (χ4n) is 4.77. The molecule has 1 amide bonds. The number of aliphatic imine (C=N–C) groups is 1. The largest absolute Gasteiger partial charge is 0.493 e. The van der Waals surface area contributed by atoms with Gasteiger partial charge in [0.15, 0.2) is 11.6 Å². The average Bonchev–Trinajstić information content (AvgIpc) is 3.33. The molecule has 6 nitrogen and oxygen atoms in total. The number of benzene rings is 3. The summed E-state index contributed by atoms with van der Waals surface area (Å²) in [5, 5.41) is 0. The van der Waals surface area contributed by atoms with Crippen molar-refractivity contribution in [2.45, 2.75) is 52.5 Å². The number of carbonyl (C=O) groups excluding carboxylic acids is 1. The minimum atomic E-state index is -0.468. The van der Waals surface area contributed by atoms with Crippen LogP contribution in [0.2, 0.25) is 0 Å². The summed E-state index contributed by atoms with van der Waals surface area (Å²) < 4.78 is 32.0. The quantitative estimate of drug-likeness (QED) is 0.285. The van der Waals surface area contributed by atoms with E-state index in [1.807, 2.05) is 62.2 Å². The Morgan fingerprint density at radius 3 is 2.47 bits per heavy atom. The second-order valence-electron chi connectivity index (χ2n) is 9.97. The summed E-state index contributed by atoms with van der Waals surface area (Å²) >= 11 is 0. The van der Waals surface area contributed by atoms with Crippen molar-refractivity contribution in [3.05, 3.63) is 76.6 Å². The Balaban J connectivity index is 1.09. The second-order valence-corrected chi connectivity index (χ2v) is 9.97. The lowest BCUT2D eigenvalue weighted by atomic mass is 10.1. The van der Waals surface area contributed by atoms with Crippen molar-refractivity contribution >= 4 is 17.8 Å². The number of amides is 1. The van der Waals surface area contributed by atoms with Crippen LogP contribution in [0.15, 0.2) is 53.5 Å². The minimum Gasteiger partial charge on any atom is -0.493 e. The van der Waals surface area contributed by atoms with Crippen LogP contribution in [-0.4, -0.2) is 42.8 Å². The van der Waals surface area contributed by atoms with Gasteiger partial charge in [-0.3, -0.25) is 9.79 Å². The Morgan fingerprint density at radius 2 is 1.68 bits per heavy atom. The number of halogens is 1. The van der Waals surface area contributed by atoms with Crippen molar-refractivity contribution in [1.82, 2.24) is 4.90 Å². The standard InChI is InChI=1S/C31H33FN2O4/c1-20-8-9-25(15-21(20)2)38-29-11-10-24(17-27(29)32)36-13-4-5-14-37-30-18-28-26(16-22(30)3)31(35)34-12-6-7-23(34)19-33-28/h8-11,15-19,23H,4-7,12-14H2,1-3H3/t23-/m0/s1. The van der Waals surface area contributed by atoms with E-state index >= 15 is 0 Å². The van der Waals surface area contributed by atoms with Crippen molar-refractivity contribution in [3.63, 3.8) is 0 Å². The highest BCUT2D eigenvalue weighted by molar-refractivity contribution is 6.03. The zero-order valence-corrected chi connectivity index (χ0v) is 22.1. The van der Waals surface area contributed by atoms with E-state index in [4.69, 9.17) is 14.2 Å². The van der Waals surface area contributed by atoms with E-state index in [2.05, 4.69) is 4.99 Å². The van der Waals surface area contributed by atoms with Crippen LogP contribution in [0.25, 0.3) is 0 Å². The molecule has 1 atom stereocenters. The molecule has 7 heteroatoms. The Bertz CT molecular complexity index is 1370. The Labute approximate surface area is 223 Å². The number of aryl methyl sites for hydroxylation is 3. The molecule has 2 aliphatic rings. The number of carbonyl (C=O) groups is 1. The summed E-state index contributed by atoms with van der Waals surface area (Å²) in [5.74, 6) is 1.54. The Kier molecular flexibility index (Phi) is 7.63. The molecule has 0 unspecified atom stereocenters. The van der Waals surface area contributed by atoms with Gasteiger partial charge in [-0.15, -0.1) is 0 Å². The first-order valence-electron chi connectivity index (χ1n) is 13.2. The molecule has 0 aromatic heterocycles. The van der Waals surface area contributed by atoms with Gasteiger partial charge < -0.3 is 19.1 Å². The number of ether oxygens (including phenoxy) is 3. The van der Waals surface area contributed by atoms with Gasteiger partial charge in [0.05, 0.1) is 30.5 Å². The van der Waals surface area contributed by atoms with Crippen molar-refractivity contribution < 1.29 is 23.4 Å². The number of rotatable bonds is 9. The van der Waals surface area contributed by atoms with Gasteiger partial charge in [-0.1, -0.05) is 6.07 Å². The van der Waals surface area contributed by atoms with Crippen LogP contribution in [0.3, 0.4) is 0 Å². The molecule has 0 N–H and O–H groups in total. The molecule has 2 heterocycles. The van der Waals surface area contributed by atoms with E-state index in [1.165, 1.54) is 6.07 Å². The first-order valence-corrected chi connectivity index (χ1v) is 13.2. The molecular formula is C31H33FN2O4. The van der Waals surface area contributed by atoms with Crippen molar-refractivity contribution in [2.75, 3.05) is 19.8 Å². The third kappa shape index (κ3) is 5.67. The summed E-state index contributed by atoms with van der Waals surface area (Å²) in [4.78, 5) is 19.4. The van der Waals surface area contributed by atoms with Crippen LogP contribution in [0.5, 0.6) is 23.0 Å². The molecule has 5 rings (SSSR count). The molecule has 0 bridgehead atoms. The maximum Gasteiger partial charge on any atom is 0.256 e. The van der Waals surface area contributed by atoms with E-state index in [1.54, 1.807) is 12.1 Å². The van der Waals surface area contributed by atoms with Crippen LogP contribution in [0.4, 0.5) is 10.1 Å². The number of fused-ring (bicyclic) bond motifs is 2. The SMILES string of the molecule is Cc1ccc(Oc2ccc(OCCCCOc3cc4c(cc3C)C(=O)N3CCC[C@H]3C=N4)cc2F)cc1C. The molecule has 1 fully saturated rings. The predicted molar refractivity (Wildman–Crippen MR) is 146 cm³/mol. The number of unbranched alkanes of at least 4 members (excludes halogenated alkanes) is 1. The molecule has 0 spiro atoms. The van der Waals surface area contributed by atoms with Crippen molar-refractivity contribution in [3.8, 4) is 23.0 Å². The molecule has 3 aromatic rings. The highest BCUT2D eigenvalue weighted by Crippen LogP contribution is 2.34. The topological polar surface area (TPSA) is 60.4 Å². The zero-order chi connectivity index (χ0) is 26.6. The van der Waals surface area contributed by atoms with Gasteiger partial charge in [0.2, 0.25) is 0 Å². The highest BCUT2D eigenvalue weighted by atomic mass is 19.1. The molecule has 0 radical (unpaired) electrons. The average molecular weight is 517 g/mol. The van der Waals surface area contributed by atoms with E-state index in [0.29, 0.717) is 36.0 Å². The molecule has 2 aliphatic heterocycles. The van der Waals surface area contributed by atoms with Crippen LogP contribution in [0, 0.1) is 26.6 Å². The molecule has 1 saturated heterocycles. The zero-order valence-electron chi connectivity index (χ0n) is 22.1. The van der Waals surface area contributed by atoms with E-state index in [9.17, 15) is 9.18 Å². The Morgan fingerprint density at radius 1 is 0.895 bits per heavy atom. The summed E-state index contributed by atoms with van der Waals surface area (Å²) in [7, 11) is 0. The molecule has 0 saturated carbocycles. The number of nitrogens with zero attached hydrogens (tertiary/aromatic N) is 2. The summed E-state index contributed by atoms with van der Waals surface area (Å²) in [6.07, 6.45) is 5.39.